The zero-order chi connectivity index (χ0) is 9.26. The summed E-state index contributed by atoms with van der Waals surface area (Å²) < 4.78 is 18.0. The molecule has 0 spiro atoms. The minimum absolute atomic E-state index is 0.287. The van der Waals surface area contributed by atoms with Crippen molar-refractivity contribution in [3.05, 3.63) is 35.8 Å². The van der Waals surface area contributed by atoms with E-state index in [0.29, 0.717) is 16.7 Å². The molecule has 0 aliphatic rings. The lowest BCUT2D eigenvalue weighted by Crippen LogP contribution is -1.81. The van der Waals surface area contributed by atoms with Gasteiger partial charge in [-0.15, -0.1) is 0 Å². The van der Waals surface area contributed by atoms with Crippen LogP contribution in [0.5, 0.6) is 0 Å². The number of nitrogens with zero attached hydrogens (tertiary/aromatic N) is 1. The molecule has 0 saturated carbocycles. The van der Waals surface area contributed by atoms with E-state index in [4.69, 9.17) is 10.3 Å². The molecule has 13 heavy (non-hydrogen) atoms. The van der Waals surface area contributed by atoms with Crippen molar-refractivity contribution in [1.29, 1.82) is 0 Å². The van der Waals surface area contributed by atoms with Crippen molar-refractivity contribution < 1.29 is 8.81 Å². The smallest absolute Gasteiger partial charge is 0.148 e. The van der Waals surface area contributed by atoms with Crippen LogP contribution in [0.4, 0.5) is 4.39 Å². The van der Waals surface area contributed by atoms with Crippen molar-refractivity contribution in [3.63, 3.8) is 0 Å². The van der Waals surface area contributed by atoms with Crippen molar-refractivity contribution in [2.45, 2.75) is 0 Å². The van der Waals surface area contributed by atoms with E-state index in [1.54, 1.807) is 12.1 Å². The van der Waals surface area contributed by atoms with Gasteiger partial charge in [-0.1, -0.05) is 0 Å². The molecule has 0 saturated heterocycles. The van der Waals surface area contributed by atoms with Gasteiger partial charge < -0.3 is 10.3 Å². The van der Waals surface area contributed by atoms with Crippen LogP contribution in [0.2, 0.25) is 0 Å². The predicted octanol–water partition coefficient (Wildman–Crippen LogP) is 1.86. The summed E-state index contributed by atoms with van der Waals surface area (Å²) in [6.45, 7) is 0. The van der Waals surface area contributed by atoms with Crippen LogP contribution in [0.15, 0.2) is 33.8 Å². The van der Waals surface area contributed by atoms with Gasteiger partial charge in [-0.2, -0.15) is 5.10 Å². The average Bonchev–Trinajstić information content (AvgIpc) is 2.46. The van der Waals surface area contributed by atoms with E-state index in [-0.39, 0.29) is 5.82 Å². The van der Waals surface area contributed by atoms with Gasteiger partial charge in [-0.3, -0.25) is 0 Å². The zero-order valence-corrected chi connectivity index (χ0v) is 6.70. The van der Waals surface area contributed by atoms with E-state index in [9.17, 15) is 4.39 Å². The van der Waals surface area contributed by atoms with Crippen LogP contribution in [-0.4, -0.2) is 6.21 Å². The summed E-state index contributed by atoms with van der Waals surface area (Å²) in [5.74, 6) is 5.18. The van der Waals surface area contributed by atoms with E-state index in [1.807, 2.05) is 0 Å². The Bertz CT molecular complexity index is 462. The van der Waals surface area contributed by atoms with E-state index < -0.39 is 0 Å². The third-order valence-corrected chi connectivity index (χ3v) is 1.70. The zero-order valence-electron chi connectivity index (χ0n) is 6.70. The Morgan fingerprint density at radius 2 is 2.23 bits per heavy atom. The molecule has 66 valence electrons. The first-order valence-electron chi connectivity index (χ1n) is 3.72. The maximum atomic E-state index is 12.7. The molecule has 2 N–H and O–H groups in total. The summed E-state index contributed by atoms with van der Waals surface area (Å²) in [7, 11) is 0. The molecule has 0 bridgehead atoms. The molecular weight excluding hydrogens is 171 g/mol. The Labute approximate surface area is 73.6 Å². The number of fused-ring (bicyclic) bond motifs is 1. The van der Waals surface area contributed by atoms with Gasteiger partial charge in [0.2, 0.25) is 0 Å². The molecule has 0 amide bonds. The quantitative estimate of drug-likeness (QED) is 0.411. The van der Waals surface area contributed by atoms with Crippen molar-refractivity contribution in [2.24, 2.45) is 10.9 Å². The summed E-state index contributed by atoms with van der Waals surface area (Å²) in [6.07, 6.45) is 1.37. The van der Waals surface area contributed by atoms with Gasteiger partial charge in [0.05, 0.1) is 6.21 Å². The Kier molecular flexibility index (Phi) is 1.73. The molecule has 3 nitrogen and oxygen atoms in total. The van der Waals surface area contributed by atoms with E-state index >= 15 is 0 Å². The van der Waals surface area contributed by atoms with Crippen molar-refractivity contribution in [1.82, 2.24) is 0 Å². The minimum atomic E-state index is -0.287. The molecule has 4 heteroatoms. The molecule has 1 aromatic carbocycles. The average molecular weight is 178 g/mol. The largest absolute Gasteiger partial charge is 0.455 e. The Hall–Kier alpha value is -1.84. The van der Waals surface area contributed by atoms with Gasteiger partial charge in [-0.05, 0) is 24.3 Å². The van der Waals surface area contributed by atoms with Crippen LogP contribution in [0, 0.1) is 5.82 Å². The highest BCUT2D eigenvalue weighted by atomic mass is 19.1. The lowest BCUT2D eigenvalue weighted by molar-refractivity contribution is 0.603. The standard InChI is InChI=1S/C9H7FN2O/c10-7-1-2-9-6(3-7)4-8(13-9)5-12-11/h1-5H,11H2/b12-5+. The normalized spacial score (nSPS) is 11.5. The third-order valence-electron chi connectivity index (χ3n) is 1.70. The fraction of sp³-hybridized carbons (Fsp3) is 0. The molecule has 0 aliphatic carbocycles. The van der Waals surface area contributed by atoms with Gasteiger partial charge >= 0.3 is 0 Å². The maximum absolute atomic E-state index is 12.7. The number of furan rings is 1. The lowest BCUT2D eigenvalue weighted by Gasteiger charge is -1.86. The van der Waals surface area contributed by atoms with Crippen molar-refractivity contribution in [3.8, 4) is 0 Å². The Balaban J connectivity index is 2.62. The first-order valence-corrected chi connectivity index (χ1v) is 3.72. The fourth-order valence-corrected chi connectivity index (χ4v) is 1.17. The molecular formula is C9H7FN2O. The molecule has 1 heterocycles. The topological polar surface area (TPSA) is 51.5 Å². The van der Waals surface area contributed by atoms with Gasteiger partial charge in [0.15, 0.2) is 0 Å². The van der Waals surface area contributed by atoms with E-state index in [0.717, 1.165) is 0 Å². The highest BCUT2D eigenvalue weighted by molar-refractivity contribution is 5.86. The second-order valence-electron chi connectivity index (χ2n) is 2.61. The number of benzene rings is 1. The summed E-state index contributed by atoms with van der Waals surface area (Å²) in [6, 6.07) is 5.98. The highest BCUT2D eigenvalue weighted by Crippen LogP contribution is 2.18. The van der Waals surface area contributed by atoms with Gasteiger partial charge in [0.1, 0.15) is 17.2 Å². The van der Waals surface area contributed by atoms with Crippen molar-refractivity contribution >= 4 is 17.2 Å². The SMILES string of the molecule is N/N=C/c1cc2cc(F)ccc2o1. The summed E-state index contributed by atoms with van der Waals surface area (Å²) in [5.41, 5.74) is 0.622. The first-order chi connectivity index (χ1) is 6.29. The number of hydrogen-bond acceptors (Lipinski definition) is 3. The molecule has 0 unspecified atom stereocenters. The first kappa shape index (κ1) is 7.79. The number of nitrogens with two attached hydrogens (primary N) is 1. The minimum Gasteiger partial charge on any atom is -0.455 e. The Morgan fingerprint density at radius 3 is 3.00 bits per heavy atom. The summed E-state index contributed by atoms with van der Waals surface area (Å²) in [4.78, 5) is 0. The number of halogens is 1. The van der Waals surface area contributed by atoms with Crippen LogP contribution in [-0.2, 0) is 0 Å². The Morgan fingerprint density at radius 1 is 1.38 bits per heavy atom. The van der Waals surface area contributed by atoms with Crippen LogP contribution >= 0.6 is 0 Å². The van der Waals surface area contributed by atoms with Gasteiger partial charge in [0, 0.05) is 5.39 Å². The summed E-state index contributed by atoms with van der Waals surface area (Å²) in [5, 5.41) is 4.01. The van der Waals surface area contributed by atoms with Crippen molar-refractivity contribution in [2.75, 3.05) is 0 Å². The highest BCUT2D eigenvalue weighted by Gasteiger charge is 2.01. The summed E-state index contributed by atoms with van der Waals surface area (Å²) >= 11 is 0. The molecule has 1 aromatic heterocycles. The number of hydrazone groups is 1. The van der Waals surface area contributed by atoms with Crippen LogP contribution < -0.4 is 5.84 Å². The maximum Gasteiger partial charge on any atom is 0.148 e. The second-order valence-corrected chi connectivity index (χ2v) is 2.61. The lowest BCUT2D eigenvalue weighted by atomic mass is 10.2. The van der Waals surface area contributed by atoms with Crippen LogP contribution in [0.3, 0.4) is 0 Å². The third kappa shape index (κ3) is 1.38. The number of rotatable bonds is 1. The number of hydrogen-bond donors (Lipinski definition) is 1. The molecule has 0 fully saturated rings. The molecule has 2 aromatic rings. The van der Waals surface area contributed by atoms with Gasteiger partial charge in [0.25, 0.3) is 0 Å². The molecule has 2 rings (SSSR count). The van der Waals surface area contributed by atoms with Crippen LogP contribution in [0.25, 0.3) is 11.0 Å². The predicted molar refractivity (Wildman–Crippen MR) is 48.0 cm³/mol. The van der Waals surface area contributed by atoms with Gasteiger partial charge in [-0.25, -0.2) is 4.39 Å². The molecule has 0 atom stereocenters. The monoisotopic (exact) mass is 178 g/mol. The second kappa shape index (κ2) is 2.90. The fourth-order valence-electron chi connectivity index (χ4n) is 1.17. The molecule has 0 aliphatic heterocycles. The van der Waals surface area contributed by atoms with E-state index in [1.165, 1.54) is 18.3 Å². The van der Waals surface area contributed by atoms with E-state index in [2.05, 4.69) is 5.10 Å². The molecule has 0 radical (unpaired) electrons. The van der Waals surface area contributed by atoms with Crippen LogP contribution in [0.1, 0.15) is 5.76 Å².